The Hall–Kier alpha value is -0.550. The molecule has 0 aliphatic heterocycles. The Morgan fingerprint density at radius 1 is 0.938 bits per heavy atom. The van der Waals surface area contributed by atoms with Crippen LogP contribution >= 0.6 is 8.15 Å². The molecule has 0 atom stereocenters. The van der Waals surface area contributed by atoms with Gasteiger partial charge >= 0.3 is 0 Å². The third kappa shape index (κ3) is 5.51. The van der Waals surface area contributed by atoms with Crippen LogP contribution in [0.1, 0.15) is 39.5 Å². The summed E-state index contributed by atoms with van der Waals surface area (Å²) in [6, 6.07) is 10.2. The molecule has 1 aromatic carbocycles. The maximum absolute atomic E-state index is 6.08. The van der Waals surface area contributed by atoms with Crippen LogP contribution in [0.3, 0.4) is 0 Å². The van der Waals surface area contributed by atoms with Crippen molar-refractivity contribution in [2.24, 2.45) is 0 Å². The molecule has 1 aromatic rings. The maximum Gasteiger partial charge on any atom is 0.123 e. The van der Waals surface area contributed by atoms with Gasteiger partial charge in [-0.2, -0.15) is 0 Å². The van der Waals surface area contributed by atoms with E-state index >= 15 is 0 Å². The minimum absolute atomic E-state index is 0.249. The minimum Gasteiger partial charge on any atom is -0.474 e. The lowest BCUT2D eigenvalue weighted by Crippen LogP contribution is -1.97. The van der Waals surface area contributed by atoms with Gasteiger partial charge in [-0.3, -0.25) is 0 Å². The van der Waals surface area contributed by atoms with E-state index in [0.29, 0.717) is 0 Å². The van der Waals surface area contributed by atoms with Crippen LogP contribution < -0.4 is 4.52 Å². The number of para-hydroxylation sites is 1. The molecule has 0 aromatic heterocycles. The molecule has 0 radical (unpaired) electrons. The van der Waals surface area contributed by atoms with Crippen LogP contribution in [0.25, 0.3) is 0 Å². The molecule has 0 fully saturated rings. The molecular weight excluding hydrogens is 215 g/mol. The maximum atomic E-state index is 6.08. The fourth-order valence-electron chi connectivity index (χ4n) is 1.50. The Morgan fingerprint density at radius 3 is 2.00 bits per heavy atom. The van der Waals surface area contributed by atoms with Crippen molar-refractivity contribution in [2.45, 2.75) is 39.5 Å². The second-order valence-corrected chi connectivity index (χ2v) is 6.08. The summed E-state index contributed by atoms with van der Waals surface area (Å²) < 4.78 is 6.08. The van der Waals surface area contributed by atoms with Gasteiger partial charge in [0.15, 0.2) is 0 Å². The number of hydrogen-bond acceptors (Lipinski definition) is 1. The summed E-state index contributed by atoms with van der Waals surface area (Å²) in [4.78, 5) is 0. The van der Waals surface area contributed by atoms with Gasteiger partial charge in [0.25, 0.3) is 0 Å². The van der Waals surface area contributed by atoms with Gasteiger partial charge in [-0.25, -0.2) is 0 Å². The summed E-state index contributed by atoms with van der Waals surface area (Å²) in [6.45, 7) is 4.49. The van der Waals surface area contributed by atoms with Crippen LogP contribution in [0.2, 0.25) is 0 Å². The highest BCUT2D eigenvalue weighted by atomic mass is 31.1. The Bertz CT molecular complexity index is 253. The molecule has 1 nitrogen and oxygen atoms in total. The van der Waals surface area contributed by atoms with Gasteiger partial charge in [0, 0.05) is 12.3 Å². The lowest BCUT2D eigenvalue weighted by molar-refractivity contribution is 0.604. The number of unbranched alkanes of at least 4 members (excludes halogenated alkanes) is 2. The van der Waals surface area contributed by atoms with Crippen molar-refractivity contribution in [2.75, 3.05) is 12.3 Å². The fourth-order valence-corrected chi connectivity index (χ4v) is 3.67. The molecule has 0 saturated carbocycles. The average Bonchev–Trinajstić information content (AvgIpc) is 2.34. The van der Waals surface area contributed by atoms with Crippen LogP contribution in [0.5, 0.6) is 5.75 Å². The first kappa shape index (κ1) is 13.5. The first-order chi connectivity index (χ1) is 7.86. The third-order valence-corrected chi connectivity index (χ3v) is 4.60. The van der Waals surface area contributed by atoms with E-state index in [-0.39, 0.29) is 8.15 Å². The van der Waals surface area contributed by atoms with Crippen molar-refractivity contribution >= 4 is 8.15 Å². The third-order valence-electron chi connectivity index (χ3n) is 2.50. The largest absolute Gasteiger partial charge is 0.474 e. The van der Waals surface area contributed by atoms with Crippen LogP contribution in [0, 0.1) is 0 Å². The summed E-state index contributed by atoms with van der Waals surface area (Å²) in [5.41, 5.74) is 0. The molecule has 0 aliphatic rings. The van der Waals surface area contributed by atoms with Gasteiger partial charge in [0.2, 0.25) is 0 Å². The Balaban J connectivity index is 2.42. The molecular formula is C14H23OP. The Labute approximate surface area is 101 Å². The van der Waals surface area contributed by atoms with Gasteiger partial charge in [-0.15, -0.1) is 0 Å². The van der Waals surface area contributed by atoms with Crippen LogP contribution in [0.15, 0.2) is 30.3 Å². The predicted octanol–water partition coefficient (Wildman–Crippen LogP) is 5.06. The zero-order valence-corrected chi connectivity index (χ0v) is 11.4. The lowest BCUT2D eigenvalue weighted by Gasteiger charge is -2.18. The van der Waals surface area contributed by atoms with Crippen LogP contribution in [-0.4, -0.2) is 12.3 Å². The fraction of sp³-hybridized carbons (Fsp3) is 0.571. The van der Waals surface area contributed by atoms with Crippen LogP contribution in [-0.2, 0) is 0 Å². The van der Waals surface area contributed by atoms with Crippen molar-refractivity contribution in [3.8, 4) is 5.75 Å². The van der Waals surface area contributed by atoms with Crippen molar-refractivity contribution in [1.29, 1.82) is 0 Å². The van der Waals surface area contributed by atoms with Gasteiger partial charge in [-0.05, 0) is 25.0 Å². The predicted molar refractivity (Wildman–Crippen MR) is 73.5 cm³/mol. The highest BCUT2D eigenvalue weighted by molar-refractivity contribution is 7.52. The summed E-state index contributed by atoms with van der Waals surface area (Å²) >= 11 is 0. The SMILES string of the molecule is CCCCP(CCCC)Oc1ccccc1. The number of rotatable bonds is 8. The van der Waals surface area contributed by atoms with E-state index in [1.807, 2.05) is 18.2 Å². The molecule has 0 aliphatic carbocycles. The monoisotopic (exact) mass is 238 g/mol. The normalized spacial score (nSPS) is 10.7. The van der Waals surface area contributed by atoms with E-state index in [1.165, 1.54) is 38.0 Å². The van der Waals surface area contributed by atoms with Crippen molar-refractivity contribution < 1.29 is 4.52 Å². The molecule has 90 valence electrons. The molecule has 0 bridgehead atoms. The standard InChI is InChI=1S/C14H23OP/c1-3-5-12-16(13-6-4-2)15-14-10-8-7-9-11-14/h7-11H,3-6,12-13H2,1-2H3. The summed E-state index contributed by atoms with van der Waals surface area (Å²) in [5.74, 6) is 1.04. The van der Waals surface area contributed by atoms with Crippen LogP contribution in [0.4, 0.5) is 0 Å². The van der Waals surface area contributed by atoms with E-state index < -0.39 is 0 Å². The highest BCUT2D eigenvalue weighted by Gasteiger charge is 2.09. The Kier molecular flexibility index (Phi) is 7.25. The van der Waals surface area contributed by atoms with E-state index in [0.717, 1.165) is 5.75 Å². The van der Waals surface area contributed by atoms with Gasteiger partial charge in [0.05, 0.1) is 8.15 Å². The molecule has 0 spiro atoms. The zero-order chi connectivity index (χ0) is 11.6. The van der Waals surface area contributed by atoms with E-state index in [4.69, 9.17) is 4.52 Å². The first-order valence-electron chi connectivity index (χ1n) is 6.34. The molecule has 2 heteroatoms. The smallest absolute Gasteiger partial charge is 0.123 e. The molecule has 0 amide bonds. The summed E-state index contributed by atoms with van der Waals surface area (Å²) in [5, 5.41) is 0. The average molecular weight is 238 g/mol. The summed E-state index contributed by atoms with van der Waals surface area (Å²) in [6.07, 6.45) is 7.62. The minimum atomic E-state index is -0.249. The molecule has 16 heavy (non-hydrogen) atoms. The van der Waals surface area contributed by atoms with Crippen molar-refractivity contribution in [3.05, 3.63) is 30.3 Å². The zero-order valence-electron chi connectivity index (χ0n) is 10.5. The van der Waals surface area contributed by atoms with E-state index in [1.54, 1.807) is 0 Å². The quantitative estimate of drug-likeness (QED) is 0.575. The molecule has 0 N–H and O–H groups in total. The highest BCUT2D eigenvalue weighted by Crippen LogP contribution is 2.39. The molecule has 0 heterocycles. The summed E-state index contributed by atoms with van der Waals surface area (Å²) in [7, 11) is -0.249. The molecule has 1 rings (SSSR count). The molecule has 0 unspecified atom stereocenters. The van der Waals surface area contributed by atoms with Gasteiger partial charge in [0.1, 0.15) is 5.75 Å². The van der Waals surface area contributed by atoms with E-state index in [9.17, 15) is 0 Å². The lowest BCUT2D eigenvalue weighted by atomic mass is 10.3. The first-order valence-corrected chi connectivity index (χ1v) is 7.97. The second kappa shape index (κ2) is 8.58. The molecule has 0 saturated heterocycles. The Morgan fingerprint density at radius 2 is 1.50 bits per heavy atom. The second-order valence-electron chi connectivity index (χ2n) is 4.04. The van der Waals surface area contributed by atoms with Crippen molar-refractivity contribution in [1.82, 2.24) is 0 Å². The number of hydrogen-bond donors (Lipinski definition) is 0. The van der Waals surface area contributed by atoms with E-state index in [2.05, 4.69) is 26.0 Å². The number of benzene rings is 1. The van der Waals surface area contributed by atoms with Gasteiger partial charge in [-0.1, -0.05) is 44.9 Å². The topological polar surface area (TPSA) is 9.23 Å². The van der Waals surface area contributed by atoms with Crippen molar-refractivity contribution in [3.63, 3.8) is 0 Å². The van der Waals surface area contributed by atoms with Gasteiger partial charge < -0.3 is 4.52 Å².